The first-order chi connectivity index (χ1) is 11.1. The Hall–Kier alpha value is -1.52. The van der Waals surface area contributed by atoms with E-state index in [1.54, 1.807) is 7.11 Å². The molecule has 1 aromatic carbocycles. The minimum absolute atomic E-state index is 0.0421. The van der Waals surface area contributed by atoms with Crippen molar-refractivity contribution in [2.75, 3.05) is 32.6 Å². The van der Waals surface area contributed by atoms with Crippen LogP contribution < -0.4 is 15.8 Å². The molecule has 3 N–H and O–H groups in total. The van der Waals surface area contributed by atoms with Gasteiger partial charge in [0.25, 0.3) is 0 Å². The molecule has 1 aliphatic carbocycles. The van der Waals surface area contributed by atoms with Gasteiger partial charge in [0, 0.05) is 23.2 Å². The number of hydrogen-bond acceptors (Lipinski definition) is 4. The smallest absolute Gasteiger partial charge is 0.126 e. The van der Waals surface area contributed by atoms with Gasteiger partial charge in [0.1, 0.15) is 5.75 Å². The Bertz CT molecular complexity index is 648. The largest absolute Gasteiger partial charge is 0.496 e. The van der Waals surface area contributed by atoms with Crippen molar-refractivity contribution < 1.29 is 4.74 Å². The van der Waals surface area contributed by atoms with Crippen molar-refractivity contribution in [1.82, 2.24) is 4.90 Å². The van der Waals surface area contributed by atoms with Gasteiger partial charge in [-0.15, -0.1) is 0 Å². The number of allylic oxidation sites excluding steroid dienone is 1. The minimum Gasteiger partial charge on any atom is -0.496 e. The van der Waals surface area contributed by atoms with Gasteiger partial charge < -0.3 is 20.7 Å². The predicted molar refractivity (Wildman–Crippen MR) is 94.8 cm³/mol. The lowest BCUT2D eigenvalue weighted by molar-refractivity contribution is 0.222. The van der Waals surface area contributed by atoms with E-state index in [1.807, 2.05) is 0 Å². The molecule has 124 valence electrons. The molecule has 0 saturated heterocycles. The van der Waals surface area contributed by atoms with Crippen LogP contribution in [0.3, 0.4) is 0 Å². The molecule has 1 unspecified atom stereocenters. The third-order valence-electron chi connectivity index (χ3n) is 6.01. The molecule has 4 nitrogen and oxygen atoms in total. The van der Waals surface area contributed by atoms with Crippen molar-refractivity contribution in [3.63, 3.8) is 0 Å². The van der Waals surface area contributed by atoms with Gasteiger partial charge in [-0.05, 0) is 62.5 Å². The number of anilines is 1. The maximum absolute atomic E-state index is 6.42. The number of ether oxygens (including phenoxy) is 1. The number of fused-ring (bicyclic) bond motifs is 2. The first-order valence-corrected chi connectivity index (χ1v) is 8.77. The summed E-state index contributed by atoms with van der Waals surface area (Å²) in [6.07, 6.45) is 8.34. The average molecular weight is 313 g/mol. The minimum atomic E-state index is 0.0421. The normalized spacial score (nSPS) is 26.0. The van der Waals surface area contributed by atoms with Crippen LogP contribution in [0.2, 0.25) is 0 Å². The Kier molecular flexibility index (Phi) is 3.62. The Morgan fingerprint density at radius 1 is 1.30 bits per heavy atom. The summed E-state index contributed by atoms with van der Waals surface area (Å²) in [5.74, 6) is 1.00. The molecule has 2 heterocycles. The maximum Gasteiger partial charge on any atom is 0.126 e. The van der Waals surface area contributed by atoms with Crippen LogP contribution in [-0.2, 0) is 5.41 Å². The van der Waals surface area contributed by atoms with E-state index >= 15 is 0 Å². The zero-order valence-electron chi connectivity index (χ0n) is 14.2. The fraction of sp³-hybridized carbons (Fsp3) is 0.579. The predicted octanol–water partition coefficient (Wildman–Crippen LogP) is 2.94. The molecule has 0 radical (unpaired) electrons. The molecule has 4 rings (SSSR count). The lowest BCUT2D eigenvalue weighted by Gasteiger charge is -2.42. The lowest BCUT2D eigenvalue weighted by Crippen LogP contribution is -2.49. The topological polar surface area (TPSA) is 50.5 Å². The van der Waals surface area contributed by atoms with Gasteiger partial charge in [-0.3, -0.25) is 0 Å². The summed E-state index contributed by atoms with van der Waals surface area (Å²) >= 11 is 0. The first kappa shape index (κ1) is 15.0. The van der Waals surface area contributed by atoms with Gasteiger partial charge in [-0.25, -0.2) is 0 Å². The van der Waals surface area contributed by atoms with Crippen LogP contribution in [0, 0.1) is 0 Å². The number of hydrogen-bond donors (Lipinski definition) is 2. The van der Waals surface area contributed by atoms with Gasteiger partial charge in [-0.2, -0.15) is 0 Å². The van der Waals surface area contributed by atoms with Gasteiger partial charge in [-0.1, -0.05) is 12.5 Å². The molecular weight excluding hydrogens is 286 g/mol. The average Bonchev–Trinajstić information content (AvgIpc) is 2.63. The van der Waals surface area contributed by atoms with E-state index in [-0.39, 0.29) is 11.6 Å². The summed E-state index contributed by atoms with van der Waals surface area (Å²) in [5, 5.41) is 3.53. The van der Waals surface area contributed by atoms with Crippen LogP contribution >= 0.6 is 0 Å². The van der Waals surface area contributed by atoms with Gasteiger partial charge in [0.05, 0.1) is 13.3 Å². The summed E-state index contributed by atoms with van der Waals surface area (Å²) in [5.41, 5.74) is 11.8. The monoisotopic (exact) mass is 313 g/mol. The molecule has 2 aliphatic heterocycles. The van der Waals surface area contributed by atoms with E-state index in [0.29, 0.717) is 0 Å². The highest BCUT2D eigenvalue weighted by Gasteiger charge is 2.49. The maximum atomic E-state index is 6.42. The molecule has 1 fully saturated rings. The van der Waals surface area contributed by atoms with Gasteiger partial charge >= 0.3 is 0 Å². The van der Waals surface area contributed by atoms with E-state index in [4.69, 9.17) is 10.5 Å². The van der Waals surface area contributed by atoms with E-state index in [0.717, 1.165) is 25.3 Å². The van der Waals surface area contributed by atoms with Crippen LogP contribution in [0.25, 0.3) is 5.57 Å². The van der Waals surface area contributed by atoms with Crippen molar-refractivity contribution in [3.8, 4) is 5.75 Å². The van der Waals surface area contributed by atoms with Crippen molar-refractivity contribution >= 4 is 11.3 Å². The zero-order chi connectivity index (χ0) is 16.0. The highest BCUT2D eigenvalue weighted by atomic mass is 16.5. The second kappa shape index (κ2) is 5.53. The third-order valence-corrected chi connectivity index (χ3v) is 6.01. The van der Waals surface area contributed by atoms with E-state index in [9.17, 15) is 0 Å². The van der Waals surface area contributed by atoms with Crippen LogP contribution in [0.5, 0.6) is 5.75 Å². The molecule has 3 aliphatic rings. The Morgan fingerprint density at radius 3 is 2.83 bits per heavy atom. The van der Waals surface area contributed by atoms with Crippen LogP contribution in [0.4, 0.5) is 5.69 Å². The molecule has 23 heavy (non-hydrogen) atoms. The van der Waals surface area contributed by atoms with Crippen LogP contribution in [-0.4, -0.2) is 38.3 Å². The summed E-state index contributed by atoms with van der Waals surface area (Å²) in [6, 6.07) is 4.53. The van der Waals surface area contributed by atoms with Crippen LogP contribution in [0.1, 0.15) is 43.2 Å². The molecule has 0 aromatic heterocycles. The third kappa shape index (κ3) is 2.27. The van der Waals surface area contributed by atoms with Gasteiger partial charge in [0.2, 0.25) is 0 Å². The Morgan fingerprint density at radius 2 is 2.13 bits per heavy atom. The Balaban J connectivity index is 1.76. The Labute approximate surface area is 138 Å². The first-order valence-electron chi connectivity index (χ1n) is 8.77. The molecule has 1 spiro atoms. The van der Waals surface area contributed by atoms with Crippen molar-refractivity contribution in [1.29, 1.82) is 0 Å². The molecular formula is C19H27N3O. The summed E-state index contributed by atoms with van der Waals surface area (Å²) in [4.78, 5) is 2.37. The number of nitrogens with two attached hydrogens (primary N) is 1. The van der Waals surface area contributed by atoms with E-state index in [1.165, 1.54) is 48.1 Å². The van der Waals surface area contributed by atoms with Crippen molar-refractivity contribution in [2.24, 2.45) is 5.73 Å². The summed E-state index contributed by atoms with van der Waals surface area (Å²) in [6.45, 7) is 2.16. The highest BCUT2D eigenvalue weighted by Crippen LogP contribution is 2.54. The zero-order valence-corrected chi connectivity index (χ0v) is 14.2. The number of nitrogens with one attached hydrogen (secondary N) is 1. The quantitative estimate of drug-likeness (QED) is 0.881. The number of methoxy groups -OCH3 is 1. The number of rotatable bonds is 2. The molecule has 0 bridgehead atoms. The van der Waals surface area contributed by atoms with Crippen molar-refractivity contribution in [2.45, 2.75) is 43.7 Å². The van der Waals surface area contributed by atoms with Gasteiger partial charge in [0.15, 0.2) is 0 Å². The summed E-state index contributed by atoms with van der Waals surface area (Å²) < 4.78 is 5.77. The molecule has 4 heteroatoms. The standard InChI is InChI=1S/C19H27N3O/c1-22-9-3-5-13(6-10-22)14-11-16-15(12-17(14)23-2)19(7-4-8-19)18(20)21-16/h6,11-12,18,21H,3-5,7-10,20H2,1-2H3. The second-order valence-electron chi connectivity index (χ2n) is 7.32. The number of nitrogens with zero attached hydrogens (tertiary/aromatic N) is 1. The molecule has 1 saturated carbocycles. The van der Waals surface area contributed by atoms with Crippen LogP contribution in [0.15, 0.2) is 18.2 Å². The molecule has 1 aromatic rings. The molecule has 1 atom stereocenters. The van der Waals surface area contributed by atoms with Crippen molar-refractivity contribution in [3.05, 3.63) is 29.3 Å². The fourth-order valence-electron chi connectivity index (χ4n) is 4.39. The summed E-state index contributed by atoms with van der Waals surface area (Å²) in [7, 11) is 3.96. The number of benzene rings is 1. The fourth-order valence-corrected chi connectivity index (χ4v) is 4.39. The second-order valence-corrected chi connectivity index (χ2v) is 7.32. The lowest BCUT2D eigenvalue weighted by atomic mass is 9.64. The number of likely N-dealkylation sites (N-methyl/N-ethyl adjacent to an activating group) is 1. The molecule has 0 amide bonds. The van der Waals surface area contributed by atoms with E-state index < -0.39 is 0 Å². The van der Waals surface area contributed by atoms with E-state index in [2.05, 4.69) is 35.5 Å². The highest BCUT2D eigenvalue weighted by molar-refractivity contribution is 5.78. The SMILES string of the molecule is COc1cc2c(cc1C1=CCN(C)CCC1)NC(N)C21CCC1.